The van der Waals surface area contributed by atoms with E-state index in [4.69, 9.17) is 11.6 Å². The molecule has 0 aliphatic heterocycles. The van der Waals surface area contributed by atoms with Crippen molar-refractivity contribution in [1.82, 2.24) is 0 Å². The van der Waals surface area contributed by atoms with Gasteiger partial charge in [-0.15, -0.1) is 11.6 Å². The normalized spacial score (nSPS) is 11.7. The molecule has 66 valence electrons. The number of benzene rings is 1. The first kappa shape index (κ1) is 9.56. The number of aliphatic hydroxyl groups is 1. The molecule has 0 bridgehead atoms. The maximum atomic E-state index is 9.74. The van der Waals surface area contributed by atoms with Crippen molar-refractivity contribution in [2.75, 3.05) is 0 Å². The van der Waals surface area contributed by atoms with Crippen molar-refractivity contribution in [3.05, 3.63) is 35.4 Å². The summed E-state index contributed by atoms with van der Waals surface area (Å²) in [4.78, 5) is 0. The monoisotopic (exact) mass is 184 g/mol. The highest BCUT2D eigenvalue weighted by atomic mass is 35.5. The molecule has 0 saturated carbocycles. The Bertz CT molecular complexity index is 263. The molecule has 2 heteroatoms. The molecular formula is C10H13ClO. The molecule has 0 aromatic heterocycles. The zero-order valence-corrected chi connectivity index (χ0v) is 8.10. The minimum atomic E-state index is -0.800. The summed E-state index contributed by atoms with van der Waals surface area (Å²) in [7, 11) is 0. The lowest BCUT2D eigenvalue weighted by atomic mass is 9.94. The largest absolute Gasteiger partial charge is 0.386 e. The quantitative estimate of drug-likeness (QED) is 0.701. The van der Waals surface area contributed by atoms with E-state index in [1.165, 1.54) is 0 Å². The third-order valence-electron chi connectivity index (χ3n) is 1.82. The number of halogens is 1. The molecule has 1 aromatic carbocycles. The summed E-state index contributed by atoms with van der Waals surface area (Å²) < 4.78 is 0. The van der Waals surface area contributed by atoms with E-state index in [0.29, 0.717) is 5.88 Å². The smallest absolute Gasteiger partial charge is 0.0843 e. The Labute approximate surface area is 78.0 Å². The van der Waals surface area contributed by atoms with E-state index in [1.54, 1.807) is 13.8 Å². The average Bonchev–Trinajstić information content (AvgIpc) is 2.03. The van der Waals surface area contributed by atoms with Gasteiger partial charge in [0.1, 0.15) is 0 Å². The van der Waals surface area contributed by atoms with Crippen LogP contribution in [0.4, 0.5) is 0 Å². The van der Waals surface area contributed by atoms with Crippen LogP contribution in [0.1, 0.15) is 25.0 Å². The average molecular weight is 185 g/mol. The van der Waals surface area contributed by atoms with E-state index in [2.05, 4.69) is 0 Å². The van der Waals surface area contributed by atoms with Crippen LogP contribution in [0.2, 0.25) is 0 Å². The van der Waals surface area contributed by atoms with Gasteiger partial charge < -0.3 is 5.11 Å². The summed E-state index contributed by atoms with van der Waals surface area (Å²) in [6.45, 7) is 3.52. The molecule has 0 radical (unpaired) electrons. The Hall–Kier alpha value is -0.530. The van der Waals surface area contributed by atoms with E-state index in [9.17, 15) is 5.11 Å². The van der Waals surface area contributed by atoms with Crippen molar-refractivity contribution < 1.29 is 5.11 Å². The number of rotatable bonds is 2. The highest BCUT2D eigenvalue weighted by Crippen LogP contribution is 2.24. The van der Waals surface area contributed by atoms with Gasteiger partial charge in [-0.3, -0.25) is 0 Å². The van der Waals surface area contributed by atoms with Gasteiger partial charge >= 0.3 is 0 Å². The maximum absolute atomic E-state index is 9.74. The molecular weight excluding hydrogens is 172 g/mol. The Kier molecular flexibility index (Phi) is 2.76. The van der Waals surface area contributed by atoms with Gasteiger partial charge in [0.05, 0.1) is 5.60 Å². The topological polar surface area (TPSA) is 20.2 Å². The number of hydrogen-bond donors (Lipinski definition) is 1. The van der Waals surface area contributed by atoms with Crippen LogP contribution in [-0.4, -0.2) is 5.11 Å². The molecule has 0 atom stereocenters. The highest BCUT2D eigenvalue weighted by molar-refractivity contribution is 6.17. The summed E-state index contributed by atoms with van der Waals surface area (Å²) in [5, 5.41) is 9.74. The zero-order valence-electron chi connectivity index (χ0n) is 7.34. The molecule has 0 fully saturated rings. The third kappa shape index (κ3) is 1.99. The lowest BCUT2D eigenvalue weighted by Gasteiger charge is -2.20. The molecule has 0 unspecified atom stereocenters. The van der Waals surface area contributed by atoms with Crippen LogP contribution >= 0.6 is 11.6 Å². The number of hydrogen-bond acceptors (Lipinski definition) is 1. The maximum Gasteiger partial charge on any atom is 0.0843 e. The van der Waals surface area contributed by atoms with Crippen LogP contribution in [0.5, 0.6) is 0 Å². The second-order valence-corrected chi connectivity index (χ2v) is 3.62. The van der Waals surface area contributed by atoms with E-state index >= 15 is 0 Å². The van der Waals surface area contributed by atoms with Crippen molar-refractivity contribution in [3.8, 4) is 0 Å². The summed E-state index contributed by atoms with van der Waals surface area (Å²) >= 11 is 5.73. The molecule has 1 rings (SSSR count). The minimum absolute atomic E-state index is 0.445. The first-order chi connectivity index (χ1) is 5.55. The summed E-state index contributed by atoms with van der Waals surface area (Å²) in [6, 6.07) is 7.66. The minimum Gasteiger partial charge on any atom is -0.386 e. The van der Waals surface area contributed by atoms with Crippen molar-refractivity contribution in [2.45, 2.75) is 25.3 Å². The van der Waals surface area contributed by atoms with Gasteiger partial charge in [0, 0.05) is 5.88 Å². The predicted molar refractivity (Wildman–Crippen MR) is 51.2 cm³/mol. The molecule has 1 aromatic rings. The summed E-state index contributed by atoms with van der Waals surface area (Å²) in [5.74, 6) is 0.445. The molecule has 1 nitrogen and oxygen atoms in total. The fourth-order valence-electron chi connectivity index (χ4n) is 1.23. The lowest BCUT2D eigenvalue weighted by molar-refractivity contribution is 0.0778. The molecule has 0 heterocycles. The first-order valence-electron chi connectivity index (χ1n) is 3.92. The molecule has 0 spiro atoms. The van der Waals surface area contributed by atoms with E-state index in [0.717, 1.165) is 11.1 Å². The Morgan fingerprint density at radius 3 is 2.33 bits per heavy atom. The van der Waals surface area contributed by atoms with Crippen molar-refractivity contribution in [2.24, 2.45) is 0 Å². The van der Waals surface area contributed by atoms with Crippen molar-refractivity contribution in [1.29, 1.82) is 0 Å². The lowest BCUT2D eigenvalue weighted by Crippen LogP contribution is -2.17. The van der Waals surface area contributed by atoms with Crippen LogP contribution in [0.15, 0.2) is 24.3 Å². The van der Waals surface area contributed by atoms with E-state index < -0.39 is 5.60 Å². The van der Waals surface area contributed by atoms with Crippen LogP contribution in [0, 0.1) is 0 Å². The molecule has 0 aliphatic rings. The van der Waals surface area contributed by atoms with E-state index in [1.807, 2.05) is 24.3 Å². The van der Waals surface area contributed by atoms with Crippen molar-refractivity contribution >= 4 is 11.6 Å². The zero-order chi connectivity index (χ0) is 9.19. The molecule has 0 saturated heterocycles. The van der Waals surface area contributed by atoms with Gasteiger partial charge in [0.25, 0.3) is 0 Å². The second kappa shape index (κ2) is 3.46. The van der Waals surface area contributed by atoms with Gasteiger partial charge in [-0.05, 0) is 25.0 Å². The molecule has 1 N–H and O–H groups in total. The molecule has 12 heavy (non-hydrogen) atoms. The summed E-state index contributed by atoms with van der Waals surface area (Å²) in [6.07, 6.45) is 0. The Morgan fingerprint density at radius 2 is 1.92 bits per heavy atom. The molecule has 0 aliphatic carbocycles. The van der Waals surface area contributed by atoms with Gasteiger partial charge in [-0.2, -0.15) is 0 Å². The van der Waals surface area contributed by atoms with Crippen LogP contribution < -0.4 is 0 Å². The fraction of sp³-hybridized carbons (Fsp3) is 0.400. The van der Waals surface area contributed by atoms with Gasteiger partial charge in [-0.1, -0.05) is 24.3 Å². The van der Waals surface area contributed by atoms with Crippen LogP contribution in [-0.2, 0) is 11.5 Å². The second-order valence-electron chi connectivity index (χ2n) is 3.35. The molecule has 0 amide bonds. The third-order valence-corrected chi connectivity index (χ3v) is 2.11. The first-order valence-corrected chi connectivity index (χ1v) is 4.46. The van der Waals surface area contributed by atoms with E-state index in [-0.39, 0.29) is 0 Å². The summed E-state index contributed by atoms with van der Waals surface area (Å²) in [5.41, 5.74) is 1.09. The standard InChI is InChI=1S/C10H13ClO/c1-10(2,12)9-6-4-3-5-8(9)7-11/h3-6,12H,7H2,1-2H3. The Morgan fingerprint density at radius 1 is 1.33 bits per heavy atom. The van der Waals surface area contributed by atoms with Crippen LogP contribution in [0.3, 0.4) is 0 Å². The van der Waals surface area contributed by atoms with Crippen molar-refractivity contribution in [3.63, 3.8) is 0 Å². The highest BCUT2D eigenvalue weighted by Gasteiger charge is 2.18. The Balaban J connectivity index is 3.14. The number of alkyl halides is 1. The van der Waals surface area contributed by atoms with Gasteiger partial charge in [0.2, 0.25) is 0 Å². The SMILES string of the molecule is CC(C)(O)c1ccccc1CCl. The van der Waals surface area contributed by atoms with Gasteiger partial charge in [0.15, 0.2) is 0 Å². The predicted octanol–water partition coefficient (Wildman–Crippen LogP) is 2.65. The van der Waals surface area contributed by atoms with Crippen LogP contribution in [0.25, 0.3) is 0 Å². The van der Waals surface area contributed by atoms with Gasteiger partial charge in [-0.25, -0.2) is 0 Å². The fourth-order valence-corrected chi connectivity index (χ4v) is 1.47.